The van der Waals surface area contributed by atoms with Crippen molar-refractivity contribution in [3.05, 3.63) is 88.4 Å². The SMILES string of the molecule is COc1ccc(-n2nc(C(=O)Nc3ccc(Cl)cc3Cl)nc2-c2ccc(F)cc2)cc1. The lowest BCUT2D eigenvalue weighted by Crippen LogP contribution is -2.14. The third-order valence-corrected chi connectivity index (χ3v) is 4.96. The highest BCUT2D eigenvalue weighted by Crippen LogP contribution is 2.27. The Bertz CT molecular complexity index is 1240. The van der Waals surface area contributed by atoms with Crippen LogP contribution in [0.4, 0.5) is 10.1 Å². The molecule has 6 nitrogen and oxygen atoms in total. The van der Waals surface area contributed by atoms with Crippen LogP contribution in [0.1, 0.15) is 10.6 Å². The number of hydrogen-bond donors (Lipinski definition) is 1. The van der Waals surface area contributed by atoms with Crippen molar-refractivity contribution >= 4 is 34.8 Å². The molecule has 4 rings (SSSR count). The van der Waals surface area contributed by atoms with Gasteiger partial charge in [-0.3, -0.25) is 4.79 Å². The van der Waals surface area contributed by atoms with Crippen LogP contribution in [0, 0.1) is 5.82 Å². The first-order valence-electron chi connectivity index (χ1n) is 9.08. The van der Waals surface area contributed by atoms with Crippen molar-refractivity contribution in [2.24, 2.45) is 0 Å². The monoisotopic (exact) mass is 456 g/mol. The maximum Gasteiger partial charge on any atom is 0.295 e. The second kappa shape index (κ2) is 8.75. The highest BCUT2D eigenvalue weighted by Gasteiger charge is 2.20. The van der Waals surface area contributed by atoms with Crippen LogP contribution in [0.2, 0.25) is 10.0 Å². The number of carbonyl (C=O) groups excluding carboxylic acids is 1. The van der Waals surface area contributed by atoms with Gasteiger partial charge in [-0.2, -0.15) is 0 Å². The minimum atomic E-state index is -0.556. The summed E-state index contributed by atoms with van der Waals surface area (Å²) in [5.74, 6) is 0.0238. The molecule has 156 valence electrons. The van der Waals surface area contributed by atoms with Gasteiger partial charge in [-0.05, 0) is 66.7 Å². The normalized spacial score (nSPS) is 10.7. The van der Waals surface area contributed by atoms with Crippen molar-refractivity contribution in [2.75, 3.05) is 12.4 Å². The van der Waals surface area contributed by atoms with E-state index in [4.69, 9.17) is 27.9 Å². The number of nitrogens with zero attached hydrogens (tertiary/aromatic N) is 3. The molecule has 0 unspecified atom stereocenters. The lowest BCUT2D eigenvalue weighted by Gasteiger charge is -2.07. The van der Waals surface area contributed by atoms with Crippen LogP contribution in [0.25, 0.3) is 17.1 Å². The van der Waals surface area contributed by atoms with Crippen LogP contribution in [-0.2, 0) is 0 Å². The number of aromatic nitrogens is 3. The Labute approximate surface area is 187 Å². The minimum Gasteiger partial charge on any atom is -0.497 e. The standard InChI is InChI=1S/C22H15Cl2FN4O2/c1-31-17-9-7-16(8-10-17)29-21(13-2-5-15(25)6-3-13)27-20(28-29)22(30)26-19-11-4-14(23)12-18(19)24/h2-12H,1H3,(H,26,30). The number of halogens is 3. The Balaban J connectivity index is 1.74. The molecule has 0 spiro atoms. The highest BCUT2D eigenvalue weighted by molar-refractivity contribution is 6.36. The fourth-order valence-electron chi connectivity index (χ4n) is 2.87. The van der Waals surface area contributed by atoms with E-state index < -0.39 is 5.91 Å². The highest BCUT2D eigenvalue weighted by atomic mass is 35.5. The Kier molecular flexibility index (Phi) is 5.88. The van der Waals surface area contributed by atoms with E-state index >= 15 is 0 Å². The molecule has 31 heavy (non-hydrogen) atoms. The van der Waals surface area contributed by atoms with Gasteiger partial charge in [-0.1, -0.05) is 23.2 Å². The predicted molar refractivity (Wildman–Crippen MR) is 118 cm³/mol. The maximum absolute atomic E-state index is 13.4. The molecule has 1 aromatic heterocycles. The third kappa shape index (κ3) is 4.52. The smallest absolute Gasteiger partial charge is 0.295 e. The summed E-state index contributed by atoms with van der Waals surface area (Å²) in [4.78, 5) is 17.2. The van der Waals surface area contributed by atoms with Gasteiger partial charge in [0, 0.05) is 10.6 Å². The van der Waals surface area contributed by atoms with E-state index in [0.29, 0.717) is 33.5 Å². The van der Waals surface area contributed by atoms with Crippen LogP contribution in [-0.4, -0.2) is 27.8 Å². The van der Waals surface area contributed by atoms with Crippen LogP contribution in [0.15, 0.2) is 66.7 Å². The van der Waals surface area contributed by atoms with Gasteiger partial charge in [0.25, 0.3) is 5.91 Å². The Hall–Kier alpha value is -3.42. The number of rotatable bonds is 5. The number of ether oxygens (including phenoxy) is 1. The van der Waals surface area contributed by atoms with Crippen molar-refractivity contribution < 1.29 is 13.9 Å². The first-order valence-corrected chi connectivity index (χ1v) is 9.84. The van der Waals surface area contributed by atoms with Crippen LogP contribution < -0.4 is 10.1 Å². The second-order valence-electron chi connectivity index (χ2n) is 6.45. The molecule has 1 N–H and O–H groups in total. The number of carbonyl (C=O) groups is 1. The number of methoxy groups -OCH3 is 1. The molecule has 0 fully saturated rings. The summed E-state index contributed by atoms with van der Waals surface area (Å²) in [6.45, 7) is 0. The molecule has 0 aliphatic carbocycles. The molecule has 0 saturated heterocycles. The fourth-order valence-corrected chi connectivity index (χ4v) is 3.32. The Morgan fingerprint density at radius 1 is 1.03 bits per heavy atom. The third-order valence-electron chi connectivity index (χ3n) is 4.41. The van der Waals surface area contributed by atoms with E-state index in [1.807, 2.05) is 0 Å². The summed E-state index contributed by atoms with van der Waals surface area (Å²) < 4.78 is 20.1. The van der Waals surface area contributed by atoms with Crippen molar-refractivity contribution in [1.29, 1.82) is 0 Å². The summed E-state index contributed by atoms with van der Waals surface area (Å²) in [5.41, 5.74) is 1.62. The maximum atomic E-state index is 13.4. The van der Waals surface area contributed by atoms with E-state index in [0.717, 1.165) is 0 Å². The molecule has 4 aromatic rings. The van der Waals surface area contributed by atoms with E-state index in [1.54, 1.807) is 55.6 Å². The zero-order valence-corrected chi connectivity index (χ0v) is 17.7. The molecular weight excluding hydrogens is 442 g/mol. The minimum absolute atomic E-state index is 0.0823. The van der Waals surface area contributed by atoms with Crippen LogP contribution in [0.5, 0.6) is 5.75 Å². The van der Waals surface area contributed by atoms with E-state index in [2.05, 4.69) is 15.4 Å². The molecule has 1 heterocycles. The quantitative estimate of drug-likeness (QED) is 0.421. The van der Waals surface area contributed by atoms with Gasteiger partial charge in [0.2, 0.25) is 5.82 Å². The first-order chi connectivity index (χ1) is 14.9. The van der Waals surface area contributed by atoms with Gasteiger partial charge >= 0.3 is 0 Å². The first kappa shape index (κ1) is 20.8. The molecule has 3 aromatic carbocycles. The zero-order valence-electron chi connectivity index (χ0n) is 16.1. The predicted octanol–water partition coefficient (Wildman–Crippen LogP) is 5.64. The molecule has 0 saturated carbocycles. The summed E-state index contributed by atoms with van der Waals surface area (Å²) in [6.07, 6.45) is 0. The largest absolute Gasteiger partial charge is 0.497 e. The molecule has 9 heteroatoms. The zero-order chi connectivity index (χ0) is 22.0. The molecule has 0 aliphatic heterocycles. The van der Waals surface area contributed by atoms with E-state index in [-0.39, 0.29) is 16.7 Å². The van der Waals surface area contributed by atoms with Gasteiger partial charge in [0.1, 0.15) is 11.6 Å². The molecule has 1 amide bonds. The van der Waals surface area contributed by atoms with E-state index in [9.17, 15) is 9.18 Å². The molecule has 0 bridgehead atoms. The van der Waals surface area contributed by atoms with Gasteiger partial charge in [-0.25, -0.2) is 14.1 Å². The number of anilines is 1. The second-order valence-corrected chi connectivity index (χ2v) is 7.30. The number of hydrogen-bond acceptors (Lipinski definition) is 4. The van der Waals surface area contributed by atoms with Crippen molar-refractivity contribution in [3.63, 3.8) is 0 Å². The summed E-state index contributed by atoms with van der Waals surface area (Å²) in [7, 11) is 1.57. The molecular formula is C22H15Cl2FN4O2. The van der Waals surface area contributed by atoms with Gasteiger partial charge in [0.15, 0.2) is 5.82 Å². The van der Waals surface area contributed by atoms with Crippen molar-refractivity contribution in [2.45, 2.75) is 0 Å². The van der Waals surface area contributed by atoms with Gasteiger partial charge < -0.3 is 10.1 Å². The topological polar surface area (TPSA) is 69.0 Å². The number of benzene rings is 3. The fraction of sp³-hybridized carbons (Fsp3) is 0.0455. The van der Waals surface area contributed by atoms with Gasteiger partial charge in [-0.15, -0.1) is 5.10 Å². The lowest BCUT2D eigenvalue weighted by molar-refractivity contribution is 0.101. The molecule has 0 radical (unpaired) electrons. The molecule has 0 aliphatic rings. The van der Waals surface area contributed by atoms with Crippen molar-refractivity contribution in [1.82, 2.24) is 14.8 Å². The van der Waals surface area contributed by atoms with Crippen LogP contribution in [0.3, 0.4) is 0 Å². The summed E-state index contributed by atoms with van der Waals surface area (Å²) in [6, 6.07) is 17.6. The Morgan fingerprint density at radius 3 is 2.39 bits per heavy atom. The summed E-state index contributed by atoms with van der Waals surface area (Å²) >= 11 is 12.0. The van der Waals surface area contributed by atoms with Gasteiger partial charge in [0.05, 0.1) is 23.5 Å². The lowest BCUT2D eigenvalue weighted by atomic mass is 10.2. The average molecular weight is 457 g/mol. The Morgan fingerprint density at radius 2 is 1.74 bits per heavy atom. The van der Waals surface area contributed by atoms with E-state index in [1.165, 1.54) is 22.9 Å². The number of nitrogens with one attached hydrogen (secondary N) is 1. The number of amides is 1. The average Bonchev–Trinajstić information content (AvgIpc) is 3.22. The molecule has 0 atom stereocenters. The van der Waals surface area contributed by atoms with Crippen molar-refractivity contribution in [3.8, 4) is 22.8 Å². The summed E-state index contributed by atoms with van der Waals surface area (Å²) in [5, 5.41) is 7.78. The van der Waals surface area contributed by atoms with Crippen LogP contribution >= 0.6 is 23.2 Å².